The van der Waals surface area contributed by atoms with Crippen molar-refractivity contribution in [2.75, 3.05) is 13.7 Å². The Labute approximate surface area is 97.5 Å². The van der Waals surface area contributed by atoms with E-state index in [9.17, 15) is 9.59 Å². The molecule has 0 fully saturated rings. The van der Waals surface area contributed by atoms with Crippen LogP contribution >= 0.6 is 11.6 Å². The van der Waals surface area contributed by atoms with Crippen molar-refractivity contribution in [3.63, 3.8) is 0 Å². The predicted octanol–water partition coefficient (Wildman–Crippen LogP) is -0.0697. The summed E-state index contributed by atoms with van der Waals surface area (Å²) in [4.78, 5) is 26.3. The van der Waals surface area contributed by atoms with Crippen LogP contribution in [0.25, 0.3) is 0 Å². The molecule has 1 atom stereocenters. The number of ether oxygens (including phenoxy) is 1. The van der Waals surface area contributed by atoms with Crippen LogP contribution in [0, 0.1) is 0 Å². The average molecular weight is 246 g/mol. The summed E-state index contributed by atoms with van der Waals surface area (Å²) in [6.45, 7) is 0.00361. The second-order valence-electron chi connectivity index (χ2n) is 3.13. The van der Waals surface area contributed by atoms with E-state index in [0.29, 0.717) is 0 Å². The second-order valence-corrected chi connectivity index (χ2v) is 3.65. The molecule has 1 aromatic heterocycles. The van der Waals surface area contributed by atoms with Crippen LogP contribution in [-0.2, 0) is 16.6 Å². The molecule has 1 aromatic rings. The molecule has 1 rings (SSSR count). The van der Waals surface area contributed by atoms with Crippen LogP contribution in [0.2, 0.25) is 0 Å². The molecule has 0 aliphatic heterocycles. The number of rotatable bonds is 4. The van der Waals surface area contributed by atoms with Gasteiger partial charge in [-0.3, -0.25) is 9.59 Å². The molecule has 7 heteroatoms. The Bertz CT molecular complexity index is 391. The molecule has 0 aliphatic rings. The van der Waals surface area contributed by atoms with E-state index in [4.69, 9.17) is 11.6 Å². The lowest BCUT2D eigenvalue weighted by molar-refractivity contribution is -0.140. The molecule has 0 saturated heterocycles. The third-order valence-corrected chi connectivity index (χ3v) is 2.17. The summed E-state index contributed by atoms with van der Waals surface area (Å²) in [6, 6.07) is 0. The van der Waals surface area contributed by atoms with Crippen molar-refractivity contribution in [3.8, 4) is 0 Å². The molecule has 0 aromatic carbocycles. The number of halogens is 1. The van der Waals surface area contributed by atoms with E-state index in [1.54, 1.807) is 17.8 Å². The lowest BCUT2D eigenvalue weighted by atomic mass is 10.4. The molecule has 1 N–H and O–H groups in total. The van der Waals surface area contributed by atoms with Gasteiger partial charge in [-0.2, -0.15) is 0 Å². The molecule has 0 saturated carbocycles. The minimum absolute atomic E-state index is 0.00361. The van der Waals surface area contributed by atoms with E-state index >= 15 is 0 Å². The number of methoxy groups -OCH3 is 1. The minimum Gasteiger partial charge on any atom is -0.468 e. The van der Waals surface area contributed by atoms with E-state index in [1.807, 2.05) is 0 Å². The van der Waals surface area contributed by atoms with Gasteiger partial charge >= 0.3 is 5.97 Å². The Morgan fingerprint density at radius 1 is 1.69 bits per heavy atom. The predicted molar refractivity (Wildman–Crippen MR) is 57.2 cm³/mol. The molecule has 88 valence electrons. The maximum atomic E-state index is 11.5. The summed E-state index contributed by atoms with van der Waals surface area (Å²) in [5.41, 5.74) is 0.274. The molecule has 1 heterocycles. The smallest absolute Gasteiger partial charge is 0.325 e. The molecular weight excluding hydrogens is 234 g/mol. The van der Waals surface area contributed by atoms with Gasteiger partial charge in [-0.1, -0.05) is 0 Å². The lowest BCUT2D eigenvalue weighted by Gasteiger charge is -2.07. The van der Waals surface area contributed by atoms with Gasteiger partial charge in [0, 0.05) is 19.8 Å². The zero-order chi connectivity index (χ0) is 12.1. The van der Waals surface area contributed by atoms with Gasteiger partial charge in [0.05, 0.1) is 13.4 Å². The molecule has 16 heavy (non-hydrogen) atoms. The average Bonchev–Trinajstić information content (AvgIpc) is 2.71. The largest absolute Gasteiger partial charge is 0.468 e. The van der Waals surface area contributed by atoms with Crippen molar-refractivity contribution in [2.24, 2.45) is 7.05 Å². The van der Waals surface area contributed by atoms with Crippen molar-refractivity contribution in [2.45, 2.75) is 5.38 Å². The number of nitrogens with one attached hydrogen (secondary N) is 1. The van der Waals surface area contributed by atoms with E-state index in [-0.39, 0.29) is 18.1 Å². The van der Waals surface area contributed by atoms with E-state index in [1.165, 1.54) is 13.4 Å². The number of nitrogens with zero attached hydrogens (tertiary/aromatic N) is 2. The zero-order valence-electron chi connectivity index (χ0n) is 8.94. The maximum absolute atomic E-state index is 11.5. The van der Waals surface area contributed by atoms with Crippen molar-refractivity contribution < 1.29 is 14.3 Å². The maximum Gasteiger partial charge on any atom is 0.325 e. The second kappa shape index (κ2) is 5.50. The number of hydrogen-bond acceptors (Lipinski definition) is 4. The van der Waals surface area contributed by atoms with Gasteiger partial charge in [-0.05, 0) is 0 Å². The zero-order valence-corrected chi connectivity index (χ0v) is 9.69. The number of alkyl halides is 1. The van der Waals surface area contributed by atoms with E-state index in [2.05, 4.69) is 15.0 Å². The highest BCUT2D eigenvalue weighted by molar-refractivity contribution is 6.30. The number of esters is 1. The van der Waals surface area contributed by atoms with Gasteiger partial charge in [-0.15, -0.1) is 11.6 Å². The number of amides is 1. The Kier molecular flexibility index (Phi) is 4.30. The SMILES string of the molecule is COC(=O)C(Cl)CNC(=O)c1cn(C)cn1. The summed E-state index contributed by atoms with van der Waals surface area (Å²) >= 11 is 5.65. The van der Waals surface area contributed by atoms with Crippen molar-refractivity contribution in [3.05, 3.63) is 18.2 Å². The van der Waals surface area contributed by atoms with Crippen molar-refractivity contribution in [1.82, 2.24) is 14.9 Å². The fourth-order valence-corrected chi connectivity index (χ4v) is 1.18. The quantitative estimate of drug-likeness (QED) is 0.595. The molecule has 0 spiro atoms. The first-order chi connectivity index (χ1) is 7.54. The number of imidazole rings is 1. The van der Waals surface area contributed by atoms with Crippen molar-refractivity contribution >= 4 is 23.5 Å². The Morgan fingerprint density at radius 2 is 2.38 bits per heavy atom. The van der Waals surface area contributed by atoms with Crippen LogP contribution in [0.1, 0.15) is 10.5 Å². The highest BCUT2D eigenvalue weighted by Gasteiger charge is 2.17. The van der Waals surface area contributed by atoms with Crippen LogP contribution in [-0.4, -0.2) is 40.5 Å². The van der Waals surface area contributed by atoms with Gasteiger partial charge in [0.25, 0.3) is 5.91 Å². The topological polar surface area (TPSA) is 73.2 Å². The minimum atomic E-state index is -0.891. The monoisotopic (exact) mass is 245 g/mol. The van der Waals surface area contributed by atoms with Crippen LogP contribution < -0.4 is 5.32 Å². The first kappa shape index (κ1) is 12.5. The van der Waals surface area contributed by atoms with Crippen LogP contribution in [0.15, 0.2) is 12.5 Å². The van der Waals surface area contributed by atoms with Gasteiger partial charge in [0.2, 0.25) is 0 Å². The van der Waals surface area contributed by atoms with Gasteiger partial charge < -0.3 is 14.6 Å². The summed E-state index contributed by atoms with van der Waals surface area (Å²) in [5.74, 6) is -0.960. The van der Waals surface area contributed by atoms with Crippen LogP contribution in [0.5, 0.6) is 0 Å². The first-order valence-electron chi connectivity index (χ1n) is 4.52. The molecule has 0 bridgehead atoms. The Balaban J connectivity index is 2.44. The highest BCUT2D eigenvalue weighted by Crippen LogP contribution is 1.98. The number of carbonyl (C=O) groups excluding carboxylic acids is 2. The first-order valence-corrected chi connectivity index (χ1v) is 4.96. The highest BCUT2D eigenvalue weighted by atomic mass is 35.5. The van der Waals surface area contributed by atoms with E-state index < -0.39 is 11.3 Å². The third kappa shape index (κ3) is 3.23. The molecule has 0 aliphatic carbocycles. The normalized spacial score (nSPS) is 11.9. The number of hydrogen-bond donors (Lipinski definition) is 1. The fourth-order valence-electron chi connectivity index (χ4n) is 1.01. The third-order valence-electron chi connectivity index (χ3n) is 1.84. The summed E-state index contributed by atoms with van der Waals surface area (Å²) in [6.07, 6.45) is 3.07. The van der Waals surface area contributed by atoms with Gasteiger partial charge in [0.1, 0.15) is 11.1 Å². The van der Waals surface area contributed by atoms with E-state index in [0.717, 1.165) is 0 Å². The summed E-state index contributed by atoms with van der Waals surface area (Å²) < 4.78 is 6.06. The van der Waals surface area contributed by atoms with Gasteiger partial charge in [0.15, 0.2) is 0 Å². The van der Waals surface area contributed by atoms with Gasteiger partial charge in [-0.25, -0.2) is 4.98 Å². The molecule has 0 radical (unpaired) electrons. The Morgan fingerprint density at radius 3 is 2.88 bits per heavy atom. The van der Waals surface area contributed by atoms with Crippen LogP contribution in [0.4, 0.5) is 0 Å². The fraction of sp³-hybridized carbons (Fsp3) is 0.444. The molecule has 6 nitrogen and oxygen atoms in total. The standard InChI is InChI=1S/C9H12ClN3O3/c1-13-4-7(12-5-13)8(14)11-3-6(10)9(15)16-2/h4-6H,3H2,1-2H3,(H,11,14). The number of aromatic nitrogens is 2. The number of aryl methyl sites for hydroxylation is 1. The number of carbonyl (C=O) groups is 2. The van der Waals surface area contributed by atoms with Crippen molar-refractivity contribution in [1.29, 1.82) is 0 Å². The molecule has 1 amide bonds. The lowest BCUT2D eigenvalue weighted by Crippen LogP contribution is -2.34. The summed E-state index contributed by atoms with van der Waals surface area (Å²) in [5, 5.41) is 1.59. The Hall–Kier alpha value is -1.56. The molecular formula is C9H12ClN3O3. The molecule has 1 unspecified atom stereocenters. The van der Waals surface area contributed by atoms with Crippen LogP contribution in [0.3, 0.4) is 0 Å². The summed E-state index contributed by atoms with van der Waals surface area (Å²) in [7, 11) is 2.99.